The van der Waals surface area contributed by atoms with Crippen LogP contribution in [0.25, 0.3) is 0 Å². The maximum Gasteiger partial charge on any atom is 0.221 e. The number of primary amides is 1. The van der Waals surface area contributed by atoms with Gasteiger partial charge in [-0.25, -0.2) is 4.39 Å². The van der Waals surface area contributed by atoms with Crippen molar-refractivity contribution in [3.63, 3.8) is 0 Å². The predicted molar refractivity (Wildman–Crippen MR) is 79.5 cm³/mol. The summed E-state index contributed by atoms with van der Waals surface area (Å²) < 4.78 is 14.2. The molecule has 1 fully saturated rings. The molecular weight excluding hydrogens is 277 g/mol. The Kier molecular flexibility index (Phi) is 4.67. The van der Waals surface area contributed by atoms with Crippen LogP contribution in [0.5, 0.6) is 0 Å². The van der Waals surface area contributed by atoms with Crippen molar-refractivity contribution in [3.8, 4) is 0 Å². The van der Waals surface area contributed by atoms with Crippen LogP contribution in [0.15, 0.2) is 18.2 Å². The SMILES string of the molecule is NC(=O)C1CCCN(Cc2cccc(C(N)=S)c2F)C1. The summed E-state index contributed by atoms with van der Waals surface area (Å²) in [5.74, 6) is -0.807. The number of amides is 1. The first-order chi connectivity index (χ1) is 9.49. The molecule has 0 aliphatic carbocycles. The van der Waals surface area contributed by atoms with E-state index in [-0.39, 0.29) is 28.2 Å². The number of piperidine rings is 1. The minimum atomic E-state index is -0.374. The van der Waals surface area contributed by atoms with Gasteiger partial charge in [0.25, 0.3) is 0 Å². The van der Waals surface area contributed by atoms with Crippen LogP contribution in [0.3, 0.4) is 0 Å². The lowest BCUT2D eigenvalue weighted by Crippen LogP contribution is -2.40. The van der Waals surface area contributed by atoms with Gasteiger partial charge in [0, 0.05) is 24.2 Å². The monoisotopic (exact) mass is 295 g/mol. The Morgan fingerprint density at radius 2 is 2.20 bits per heavy atom. The standard InChI is InChI=1S/C14H18FN3OS/c15-12-9(3-1-5-11(12)14(17)20)7-18-6-2-4-10(8-18)13(16)19/h1,3,5,10H,2,4,6-8H2,(H2,16,19)(H2,17,20). The molecule has 1 saturated heterocycles. The Balaban J connectivity index is 2.12. The molecule has 1 aromatic rings. The number of thiocarbonyl (C=S) groups is 1. The third-order valence-corrected chi connectivity index (χ3v) is 3.87. The third kappa shape index (κ3) is 3.32. The molecule has 0 spiro atoms. The van der Waals surface area contributed by atoms with Crippen molar-refractivity contribution in [2.45, 2.75) is 19.4 Å². The highest BCUT2D eigenvalue weighted by Gasteiger charge is 2.24. The van der Waals surface area contributed by atoms with Crippen LogP contribution in [0, 0.1) is 11.7 Å². The first kappa shape index (κ1) is 14.9. The molecule has 1 amide bonds. The summed E-state index contributed by atoms with van der Waals surface area (Å²) >= 11 is 4.83. The van der Waals surface area contributed by atoms with Gasteiger partial charge in [-0.15, -0.1) is 0 Å². The molecule has 4 N–H and O–H groups in total. The average Bonchev–Trinajstić information content (AvgIpc) is 2.41. The zero-order chi connectivity index (χ0) is 14.7. The van der Waals surface area contributed by atoms with Crippen LogP contribution in [0.2, 0.25) is 0 Å². The van der Waals surface area contributed by atoms with Gasteiger partial charge in [-0.2, -0.15) is 0 Å². The maximum absolute atomic E-state index is 14.2. The quantitative estimate of drug-likeness (QED) is 0.818. The molecule has 0 saturated carbocycles. The number of rotatable bonds is 4. The number of nitrogens with zero attached hydrogens (tertiary/aromatic N) is 1. The molecule has 0 aromatic heterocycles. The number of nitrogens with two attached hydrogens (primary N) is 2. The first-order valence-electron chi connectivity index (χ1n) is 6.58. The Morgan fingerprint density at radius 1 is 1.45 bits per heavy atom. The van der Waals surface area contributed by atoms with Gasteiger partial charge < -0.3 is 11.5 Å². The number of carbonyl (C=O) groups is 1. The maximum atomic E-state index is 14.2. The van der Waals surface area contributed by atoms with E-state index >= 15 is 0 Å². The zero-order valence-electron chi connectivity index (χ0n) is 11.1. The fraction of sp³-hybridized carbons (Fsp3) is 0.429. The van der Waals surface area contributed by atoms with E-state index in [1.807, 2.05) is 4.90 Å². The van der Waals surface area contributed by atoms with Gasteiger partial charge in [-0.1, -0.05) is 24.4 Å². The van der Waals surface area contributed by atoms with E-state index in [1.165, 1.54) is 0 Å². The molecule has 1 aliphatic rings. The molecule has 20 heavy (non-hydrogen) atoms. The topological polar surface area (TPSA) is 72.4 Å². The van der Waals surface area contributed by atoms with Gasteiger partial charge in [0.15, 0.2) is 0 Å². The third-order valence-electron chi connectivity index (χ3n) is 3.65. The summed E-state index contributed by atoms with van der Waals surface area (Å²) in [5, 5.41) is 0. The minimum Gasteiger partial charge on any atom is -0.389 e. The van der Waals surface area contributed by atoms with Crippen molar-refractivity contribution in [1.82, 2.24) is 4.90 Å². The molecule has 6 heteroatoms. The second-order valence-electron chi connectivity index (χ2n) is 5.12. The van der Waals surface area contributed by atoms with Crippen LogP contribution in [0.1, 0.15) is 24.0 Å². The lowest BCUT2D eigenvalue weighted by molar-refractivity contribution is -0.123. The van der Waals surface area contributed by atoms with Crippen molar-refractivity contribution in [3.05, 3.63) is 35.1 Å². The highest BCUT2D eigenvalue weighted by molar-refractivity contribution is 7.80. The second-order valence-corrected chi connectivity index (χ2v) is 5.56. The van der Waals surface area contributed by atoms with Crippen molar-refractivity contribution in [1.29, 1.82) is 0 Å². The number of hydrogen-bond donors (Lipinski definition) is 2. The number of carbonyl (C=O) groups excluding carboxylic acids is 1. The van der Waals surface area contributed by atoms with E-state index in [0.717, 1.165) is 19.4 Å². The van der Waals surface area contributed by atoms with Gasteiger partial charge in [-0.05, 0) is 25.5 Å². The molecule has 0 radical (unpaired) electrons. The summed E-state index contributed by atoms with van der Waals surface area (Å²) in [4.78, 5) is 13.3. The van der Waals surface area contributed by atoms with Gasteiger partial charge >= 0.3 is 0 Å². The zero-order valence-corrected chi connectivity index (χ0v) is 12.0. The molecule has 1 heterocycles. The largest absolute Gasteiger partial charge is 0.389 e. The van der Waals surface area contributed by atoms with Crippen molar-refractivity contribution in [2.75, 3.05) is 13.1 Å². The Morgan fingerprint density at radius 3 is 2.85 bits per heavy atom. The fourth-order valence-corrected chi connectivity index (χ4v) is 2.72. The van der Waals surface area contributed by atoms with Crippen LogP contribution < -0.4 is 11.5 Å². The molecule has 108 valence electrons. The van der Waals surface area contributed by atoms with E-state index in [0.29, 0.717) is 18.7 Å². The minimum absolute atomic E-state index is 0.0537. The van der Waals surface area contributed by atoms with Crippen LogP contribution in [0.4, 0.5) is 4.39 Å². The molecule has 4 nitrogen and oxygen atoms in total. The lowest BCUT2D eigenvalue weighted by atomic mass is 9.97. The molecule has 0 bridgehead atoms. The van der Waals surface area contributed by atoms with Crippen LogP contribution in [-0.2, 0) is 11.3 Å². The van der Waals surface area contributed by atoms with Gasteiger partial charge in [0.2, 0.25) is 5.91 Å². The molecule has 1 unspecified atom stereocenters. The predicted octanol–water partition coefficient (Wildman–Crippen LogP) is 1.16. The van der Waals surface area contributed by atoms with E-state index in [9.17, 15) is 9.18 Å². The van der Waals surface area contributed by atoms with Gasteiger partial charge in [0.05, 0.1) is 5.92 Å². The molecule has 1 aromatic carbocycles. The summed E-state index contributed by atoms with van der Waals surface area (Å²) in [7, 11) is 0. The fourth-order valence-electron chi connectivity index (χ4n) is 2.56. The lowest BCUT2D eigenvalue weighted by Gasteiger charge is -2.31. The van der Waals surface area contributed by atoms with Crippen LogP contribution >= 0.6 is 12.2 Å². The molecule has 1 atom stereocenters. The normalized spacial score (nSPS) is 19.8. The van der Waals surface area contributed by atoms with Gasteiger partial charge in [0.1, 0.15) is 10.8 Å². The summed E-state index contributed by atoms with van der Waals surface area (Å²) in [6.07, 6.45) is 1.70. The number of hydrogen-bond acceptors (Lipinski definition) is 3. The summed E-state index contributed by atoms with van der Waals surface area (Å²) in [6.45, 7) is 1.85. The van der Waals surface area contributed by atoms with Crippen molar-refractivity contribution >= 4 is 23.1 Å². The van der Waals surface area contributed by atoms with E-state index in [4.69, 9.17) is 23.7 Å². The van der Waals surface area contributed by atoms with E-state index < -0.39 is 0 Å². The summed E-state index contributed by atoms with van der Waals surface area (Å²) in [5.41, 5.74) is 11.6. The number of halogens is 1. The summed E-state index contributed by atoms with van der Waals surface area (Å²) in [6, 6.07) is 5.02. The number of likely N-dealkylation sites (tertiary alicyclic amines) is 1. The smallest absolute Gasteiger partial charge is 0.221 e. The Hall–Kier alpha value is -1.53. The first-order valence-corrected chi connectivity index (χ1v) is 6.98. The second kappa shape index (κ2) is 6.28. The van der Waals surface area contributed by atoms with E-state index in [2.05, 4.69) is 0 Å². The Labute approximate surface area is 122 Å². The van der Waals surface area contributed by atoms with Crippen molar-refractivity contribution < 1.29 is 9.18 Å². The Bertz CT molecular complexity index is 535. The molecule has 1 aliphatic heterocycles. The van der Waals surface area contributed by atoms with Gasteiger partial charge in [-0.3, -0.25) is 9.69 Å². The van der Waals surface area contributed by atoms with Crippen LogP contribution in [-0.4, -0.2) is 28.9 Å². The van der Waals surface area contributed by atoms with E-state index in [1.54, 1.807) is 18.2 Å². The molecule has 2 rings (SSSR count). The van der Waals surface area contributed by atoms with Crippen molar-refractivity contribution in [2.24, 2.45) is 17.4 Å². The highest BCUT2D eigenvalue weighted by atomic mass is 32.1. The molecular formula is C14H18FN3OS. The average molecular weight is 295 g/mol. The highest BCUT2D eigenvalue weighted by Crippen LogP contribution is 2.20. The number of benzene rings is 1.